The largest absolute Gasteiger partial charge is 0.465 e. The van der Waals surface area contributed by atoms with E-state index in [1.807, 2.05) is 0 Å². The summed E-state index contributed by atoms with van der Waals surface area (Å²) in [5.74, 6) is 4.61. The molecule has 0 amide bonds. The number of rotatable bonds is 2. The second-order valence-electron chi connectivity index (χ2n) is 3.32. The van der Waals surface area contributed by atoms with E-state index < -0.39 is 0 Å². The molecule has 1 aromatic carbocycles. The highest BCUT2D eigenvalue weighted by atomic mass is 35.5. The maximum absolute atomic E-state index is 13.1. The third-order valence-corrected chi connectivity index (χ3v) is 2.57. The van der Waals surface area contributed by atoms with Crippen molar-refractivity contribution in [3.63, 3.8) is 0 Å². The first-order valence-corrected chi connectivity index (χ1v) is 5.53. The van der Waals surface area contributed by atoms with Gasteiger partial charge >= 0.3 is 5.97 Å². The van der Waals surface area contributed by atoms with Crippen molar-refractivity contribution >= 4 is 17.6 Å². The van der Waals surface area contributed by atoms with Gasteiger partial charge in [-0.2, -0.15) is 0 Å². The first kappa shape index (κ1) is 13.5. The SMILES string of the molecule is CCOC(=O)CC#Cc1ccc(F)c(C)c1Cl. The van der Waals surface area contributed by atoms with Crippen molar-refractivity contribution < 1.29 is 13.9 Å². The standard InChI is InChI=1S/C13H12ClFO2/c1-3-17-12(16)6-4-5-10-7-8-11(15)9(2)13(10)14/h7-8H,3,6H2,1-2H3. The van der Waals surface area contributed by atoms with E-state index in [4.69, 9.17) is 16.3 Å². The molecule has 0 aliphatic carbocycles. The van der Waals surface area contributed by atoms with Crippen LogP contribution in [0, 0.1) is 24.6 Å². The maximum atomic E-state index is 13.1. The van der Waals surface area contributed by atoms with Gasteiger partial charge in [0.15, 0.2) is 0 Å². The van der Waals surface area contributed by atoms with E-state index in [0.717, 1.165) is 0 Å². The van der Waals surface area contributed by atoms with Crippen LogP contribution in [0.1, 0.15) is 24.5 Å². The van der Waals surface area contributed by atoms with E-state index in [9.17, 15) is 9.18 Å². The molecule has 0 aliphatic heterocycles. The summed E-state index contributed by atoms with van der Waals surface area (Å²) < 4.78 is 17.8. The fourth-order valence-corrected chi connectivity index (χ4v) is 1.38. The van der Waals surface area contributed by atoms with Crippen molar-refractivity contribution in [2.45, 2.75) is 20.3 Å². The molecule has 0 spiro atoms. The van der Waals surface area contributed by atoms with E-state index in [-0.39, 0.29) is 23.2 Å². The number of esters is 1. The summed E-state index contributed by atoms with van der Waals surface area (Å²) in [5.41, 5.74) is 0.865. The highest BCUT2D eigenvalue weighted by Gasteiger charge is 2.05. The molecular weight excluding hydrogens is 243 g/mol. The summed E-state index contributed by atoms with van der Waals surface area (Å²) in [4.78, 5) is 11.0. The molecule has 1 aromatic rings. The van der Waals surface area contributed by atoms with Gasteiger partial charge in [-0.15, -0.1) is 0 Å². The predicted octanol–water partition coefficient (Wildman–Crippen LogP) is 3.09. The van der Waals surface area contributed by atoms with Crippen LogP contribution in [0.3, 0.4) is 0 Å². The summed E-state index contributed by atoms with van der Waals surface area (Å²) in [5, 5.41) is 0.279. The highest BCUT2D eigenvalue weighted by molar-refractivity contribution is 6.32. The summed E-state index contributed by atoms with van der Waals surface area (Å²) >= 11 is 5.92. The van der Waals surface area contributed by atoms with Gasteiger partial charge < -0.3 is 4.74 Å². The lowest BCUT2D eigenvalue weighted by molar-refractivity contribution is -0.141. The molecule has 0 radical (unpaired) electrons. The number of benzene rings is 1. The lowest BCUT2D eigenvalue weighted by Crippen LogP contribution is -2.01. The monoisotopic (exact) mass is 254 g/mol. The van der Waals surface area contributed by atoms with Gasteiger partial charge in [-0.1, -0.05) is 23.4 Å². The minimum atomic E-state index is -0.380. The van der Waals surface area contributed by atoms with Gasteiger partial charge in [0.2, 0.25) is 0 Å². The Kier molecular flexibility index (Phi) is 4.99. The summed E-state index contributed by atoms with van der Waals surface area (Å²) in [6, 6.07) is 2.79. The van der Waals surface area contributed by atoms with E-state index >= 15 is 0 Å². The Bertz CT molecular complexity index is 486. The second-order valence-corrected chi connectivity index (χ2v) is 3.70. The van der Waals surface area contributed by atoms with Crippen LogP contribution in [0.5, 0.6) is 0 Å². The molecule has 0 aromatic heterocycles. The lowest BCUT2D eigenvalue weighted by atomic mass is 10.1. The van der Waals surface area contributed by atoms with Crippen LogP contribution < -0.4 is 0 Å². The Balaban J connectivity index is 2.79. The van der Waals surface area contributed by atoms with Gasteiger partial charge in [-0.05, 0) is 26.0 Å². The van der Waals surface area contributed by atoms with Crippen LogP contribution in [-0.4, -0.2) is 12.6 Å². The molecule has 0 N–H and O–H groups in total. The van der Waals surface area contributed by atoms with E-state index in [1.54, 1.807) is 13.8 Å². The number of carbonyl (C=O) groups excluding carboxylic acids is 1. The van der Waals surface area contributed by atoms with Crippen LogP contribution in [0.25, 0.3) is 0 Å². The summed E-state index contributed by atoms with van der Waals surface area (Å²) in [7, 11) is 0. The molecule has 0 atom stereocenters. The molecule has 1 rings (SSSR count). The summed E-state index contributed by atoms with van der Waals surface area (Å²) in [6.07, 6.45) is 0.000588. The quantitative estimate of drug-likeness (QED) is 0.599. The van der Waals surface area contributed by atoms with Crippen LogP contribution in [0.4, 0.5) is 4.39 Å². The minimum Gasteiger partial charge on any atom is -0.465 e. The van der Waals surface area contributed by atoms with Crippen LogP contribution >= 0.6 is 11.6 Å². The van der Waals surface area contributed by atoms with Crippen molar-refractivity contribution in [3.05, 3.63) is 34.1 Å². The molecule has 17 heavy (non-hydrogen) atoms. The molecule has 0 aliphatic rings. The van der Waals surface area contributed by atoms with Crippen LogP contribution in [0.2, 0.25) is 5.02 Å². The van der Waals surface area contributed by atoms with Crippen molar-refractivity contribution in [3.8, 4) is 11.8 Å². The van der Waals surface area contributed by atoms with Gasteiger partial charge in [0, 0.05) is 11.1 Å². The molecule has 0 heterocycles. The first-order chi connectivity index (χ1) is 8.06. The molecule has 0 bridgehead atoms. The summed E-state index contributed by atoms with van der Waals surface area (Å²) in [6.45, 7) is 3.64. The van der Waals surface area contributed by atoms with Crippen molar-refractivity contribution in [2.24, 2.45) is 0 Å². The maximum Gasteiger partial charge on any atom is 0.317 e. The third-order valence-electron chi connectivity index (χ3n) is 2.08. The highest BCUT2D eigenvalue weighted by Crippen LogP contribution is 2.22. The van der Waals surface area contributed by atoms with Gasteiger partial charge in [0.05, 0.1) is 11.6 Å². The molecule has 2 nitrogen and oxygen atoms in total. The third kappa shape index (κ3) is 3.76. The Morgan fingerprint density at radius 2 is 2.24 bits per heavy atom. The Morgan fingerprint density at radius 1 is 1.53 bits per heavy atom. The van der Waals surface area contributed by atoms with Gasteiger partial charge in [0.1, 0.15) is 12.2 Å². The number of hydrogen-bond donors (Lipinski definition) is 0. The zero-order valence-electron chi connectivity index (χ0n) is 9.64. The fourth-order valence-electron chi connectivity index (χ4n) is 1.18. The Morgan fingerprint density at radius 3 is 2.88 bits per heavy atom. The molecule has 4 heteroatoms. The number of carbonyl (C=O) groups is 1. The number of halogens is 2. The topological polar surface area (TPSA) is 26.3 Å². The number of ether oxygens (including phenoxy) is 1. The number of hydrogen-bond acceptors (Lipinski definition) is 2. The minimum absolute atomic E-state index is 0.000588. The van der Waals surface area contributed by atoms with Gasteiger partial charge in [-0.25, -0.2) is 4.39 Å². The zero-order chi connectivity index (χ0) is 12.8. The second kappa shape index (κ2) is 6.27. The lowest BCUT2D eigenvalue weighted by Gasteiger charge is -2.01. The molecule has 0 unspecified atom stereocenters. The normalized spacial score (nSPS) is 9.41. The van der Waals surface area contributed by atoms with Crippen LogP contribution in [-0.2, 0) is 9.53 Å². The Hall–Kier alpha value is -1.53. The average molecular weight is 255 g/mol. The zero-order valence-corrected chi connectivity index (χ0v) is 10.4. The molecule has 0 saturated heterocycles. The molecule has 90 valence electrons. The van der Waals surface area contributed by atoms with Gasteiger partial charge in [0.25, 0.3) is 0 Å². The van der Waals surface area contributed by atoms with E-state index in [0.29, 0.717) is 17.7 Å². The molecule has 0 saturated carbocycles. The predicted molar refractivity (Wildman–Crippen MR) is 64.3 cm³/mol. The average Bonchev–Trinajstić information content (AvgIpc) is 2.29. The van der Waals surface area contributed by atoms with Crippen molar-refractivity contribution in [1.29, 1.82) is 0 Å². The smallest absolute Gasteiger partial charge is 0.317 e. The van der Waals surface area contributed by atoms with E-state index in [2.05, 4.69) is 11.8 Å². The van der Waals surface area contributed by atoms with Crippen molar-refractivity contribution in [1.82, 2.24) is 0 Å². The van der Waals surface area contributed by atoms with Gasteiger partial charge in [-0.3, -0.25) is 4.79 Å². The van der Waals surface area contributed by atoms with Crippen LogP contribution in [0.15, 0.2) is 12.1 Å². The van der Waals surface area contributed by atoms with E-state index in [1.165, 1.54) is 12.1 Å². The Labute approximate surface area is 105 Å². The first-order valence-electron chi connectivity index (χ1n) is 5.15. The molecular formula is C13H12ClFO2. The fraction of sp³-hybridized carbons (Fsp3) is 0.308. The molecule has 0 fully saturated rings. The van der Waals surface area contributed by atoms with Crippen molar-refractivity contribution in [2.75, 3.05) is 6.61 Å².